The summed E-state index contributed by atoms with van der Waals surface area (Å²) in [7, 11) is 0. The number of thiazole rings is 1. The van der Waals surface area contributed by atoms with Crippen LogP contribution in [0.1, 0.15) is 49.7 Å². The highest BCUT2D eigenvalue weighted by molar-refractivity contribution is 7.09. The maximum atomic E-state index is 12.5. The van der Waals surface area contributed by atoms with Crippen LogP contribution < -0.4 is 5.32 Å². The zero-order valence-electron chi connectivity index (χ0n) is 17.2. The van der Waals surface area contributed by atoms with Crippen molar-refractivity contribution in [3.05, 3.63) is 16.1 Å². The Labute approximate surface area is 178 Å². The highest BCUT2D eigenvalue weighted by atomic mass is 32.1. The van der Waals surface area contributed by atoms with Crippen molar-refractivity contribution in [2.45, 2.75) is 58.0 Å². The molecule has 0 aliphatic carbocycles. The smallest absolute Gasteiger partial charge is 0.475 e. The molecule has 0 radical (unpaired) electrons. The third-order valence-electron chi connectivity index (χ3n) is 5.50. The molecule has 0 spiro atoms. The number of carboxylic acids is 1. The van der Waals surface area contributed by atoms with Gasteiger partial charge in [0, 0.05) is 31.3 Å². The third kappa shape index (κ3) is 8.22. The quantitative estimate of drug-likeness (QED) is 0.719. The van der Waals surface area contributed by atoms with E-state index in [1.54, 1.807) is 11.3 Å². The van der Waals surface area contributed by atoms with E-state index >= 15 is 0 Å². The van der Waals surface area contributed by atoms with E-state index in [2.05, 4.69) is 27.5 Å². The number of hydrogen-bond acceptors (Lipinski definition) is 5. The molecule has 0 aromatic carbocycles. The Balaban J connectivity index is 0.000000396. The van der Waals surface area contributed by atoms with E-state index in [-0.39, 0.29) is 0 Å². The number of likely N-dealkylation sites (tertiary alicyclic amines) is 1. The number of alkyl halides is 3. The summed E-state index contributed by atoms with van der Waals surface area (Å²) in [4.78, 5) is 28.1. The van der Waals surface area contributed by atoms with Crippen LogP contribution >= 0.6 is 11.3 Å². The molecule has 6 nitrogen and oxygen atoms in total. The lowest BCUT2D eigenvalue weighted by atomic mass is 9.92. The minimum absolute atomic E-state index is 0.375. The van der Waals surface area contributed by atoms with Crippen LogP contribution in [-0.4, -0.2) is 59.2 Å². The predicted octanol–water partition coefficient (Wildman–Crippen LogP) is 3.51. The summed E-state index contributed by atoms with van der Waals surface area (Å²) in [5.74, 6) is -1.13. The van der Waals surface area contributed by atoms with Gasteiger partial charge in [-0.3, -0.25) is 4.79 Å². The minimum Gasteiger partial charge on any atom is -0.475 e. The summed E-state index contributed by atoms with van der Waals surface area (Å²) >= 11 is 1.80. The predicted molar refractivity (Wildman–Crippen MR) is 108 cm³/mol. The highest BCUT2D eigenvalue weighted by Crippen LogP contribution is 2.25. The topological polar surface area (TPSA) is 82.5 Å². The molecule has 3 heterocycles. The van der Waals surface area contributed by atoms with Crippen molar-refractivity contribution in [1.82, 2.24) is 15.2 Å². The van der Waals surface area contributed by atoms with Crippen LogP contribution in [0.25, 0.3) is 0 Å². The van der Waals surface area contributed by atoms with Gasteiger partial charge in [0.1, 0.15) is 0 Å². The molecule has 1 atom stereocenters. The second-order valence-corrected chi connectivity index (χ2v) is 8.78. The van der Waals surface area contributed by atoms with Crippen molar-refractivity contribution in [2.75, 3.05) is 26.2 Å². The molecule has 1 amide bonds. The van der Waals surface area contributed by atoms with Crippen molar-refractivity contribution in [3.8, 4) is 0 Å². The van der Waals surface area contributed by atoms with E-state index in [1.165, 1.54) is 23.5 Å². The Kier molecular flexibility index (Phi) is 9.54. The fourth-order valence-corrected chi connectivity index (χ4v) is 4.71. The van der Waals surface area contributed by atoms with Gasteiger partial charge >= 0.3 is 12.1 Å². The van der Waals surface area contributed by atoms with E-state index < -0.39 is 12.1 Å². The Hall–Kier alpha value is -1.68. The number of hydrogen-bond donors (Lipinski definition) is 2. The Bertz CT molecular complexity index is 682. The number of aryl methyl sites for hydroxylation is 1. The van der Waals surface area contributed by atoms with Crippen LogP contribution in [0.2, 0.25) is 0 Å². The number of carbonyl (C=O) groups excluding carboxylic acids is 1. The molecule has 0 saturated carbocycles. The summed E-state index contributed by atoms with van der Waals surface area (Å²) in [6.45, 7) is 6.18. The highest BCUT2D eigenvalue weighted by Gasteiger charge is 2.38. The van der Waals surface area contributed by atoms with Crippen LogP contribution in [0.15, 0.2) is 5.38 Å². The summed E-state index contributed by atoms with van der Waals surface area (Å²) in [6.07, 6.45) is 2.47. The first-order valence-electron chi connectivity index (χ1n) is 10.4. The fourth-order valence-electron chi connectivity index (χ4n) is 3.71. The average molecular weight is 450 g/mol. The number of amides is 1. The Morgan fingerprint density at radius 1 is 1.27 bits per heavy atom. The van der Waals surface area contributed by atoms with Gasteiger partial charge in [-0.05, 0) is 57.0 Å². The van der Waals surface area contributed by atoms with Crippen LogP contribution in [0.3, 0.4) is 0 Å². The molecule has 3 rings (SSSR count). The van der Waals surface area contributed by atoms with Crippen molar-refractivity contribution in [3.63, 3.8) is 0 Å². The number of halogens is 3. The first kappa shape index (κ1) is 24.6. The molecule has 2 aliphatic heterocycles. The van der Waals surface area contributed by atoms with Gasteiger partial charge in [-0.1, -0.05) is 6.92 Å². The van der Waals surface area contributed by atoms with Crippen LogP contribution in [-0.2, 0) is 22.4 Å². The fraction of sp³-hybridized carbons (Fsp3) is 0.750. The van der Waals surface area contributed by atoms with Gasteiger partial charge in [0.15, 0.2) is 0 Å². The van der Waals surface area contributed by atoms with E-state index in [4.69, 9.17) is 9.90 Å². The number of carboxylic acid groups (broad SMARTS) is 1. The largest absolute Gasteiger partial charge is 0.490 e. The van der Waals surface area contributed by atoms with Crippen LogP contribution in [0.5, 0.6) is 0 Å². The third-order valence-corrected chi connectivity index (χ3v) is 6.42. The van der Waals surface area contributed by atoms with Crippen molar-refractivity contribution >= 4 is 23.2 Å². The molecule has 1 unspecified atom stereocenters. The Morgan fingerprint density at radius 2 is 1.93 bits per heavy atom. The normalized spacial score (nSPS) is 20.4. The maximum absolute atomic E-state index is 12.5. The second kappa shape index (κ2) is 11.6. The second-order valence-electron chi connectivity index (χ2n) is 7.83. The van der Waals surface area contributed by atoms with Crippen LogP contribution in [0.4, 0.5) is 13.2 Å². The molecule has 2 saturated heterocycles. The Morgan fingerprint density at radius 3 is 2.43 bits per heavy atom. The first-order chi connectivity index (χ1) is 14.2. The standard InChI is InChI=1S/C18H29N3OS.C2HF3O2/c1-2-16-13-23-17(20-16)10-14-5-8-21(9-6-14)18(22)11-15-4-3-7-19-12-15;3-2(4,5)1(6)7/h13-15,19H,2-12H2,1H3;(H,6,7). The number of carbonyl (C=O) groups is 2. The molecule has 170 valence electrons. The molecule has 2 N–H and O–H groups in total. The summed E-state index contributed by atoms with van der Waals surface area (Å²) in [5, 5.41) is 14.0. The SMILES string of the molecule is CCc1csc(CC2CCN(C(=O)CC3CCCNC3)CC2)n1.O=C(O)C(F)(F)F. The van der Waals surface area contributed by atoms with Gasteiger partial charge in [-0.15, -0.1) is 11.3 Å². The number of piperidine rings is 2. The molecule has 1 aromatic rings. The number of aliphatic carboxylic acids is 1. The van der Waals surface area contributed by atoms with E-state index in [9.17, 15) is 18.0 Å². The van der Waals surface area contributed by atoms with Gasteiger partial charge in [-0.25, -0.2) is 9.78 Å². The van der Waals surface area contributed by atoms with E-state index in [0.717, 1.165) is 58.3 Å². The monoisotopic (exact) mass is 449 g/mol. The number of rotatable bonds is 5. The van der Waals surface area contributed by atoms with E-state index in [1.807, 2.05) is 0 Å². The molecule has 2 aliphatic rings. The summed E-state index contributed by atoms with van der Waals surface area (Å²) in [6, 6.07) is 0. The number of nitrogens with zero attached hydrogens (tertiary/aromatic N) is 2. The van der Waals surface area contributed by atoms with Gasteiger partial charge in [0.25, 0.3) is 0 Å². The zero-order chi connectivity index (χ0) is 22.1. The van der Waals surface area contributed by atoms with Crippen molar-refractivity contribution < 1.29 is 27.9 Å². The molecule has 1 aromatic heterocycles. The lowest BCUT2D eigenvalue weighted by Crippen LogP contribution is -2.41. The lowest BCUT2D eigenvalue weighted by molar-refractivity contribution is -0.192. The summed E-state index contributed by atoms with van der Waals surface area (Å²) in [5.41, 5.74) is 1.22. The maximum Gasteiger partial charge on any atom is 0.490 e. The number of aromatic nitrogens is 1. The van der Waals surface area contributed by atoms with Gasteiger partial charge in [-0.2, -0.15) is 13.2 Å². The molecule has 30 heavy (non-hydrogen) atoms. The zero-order valence-corrected chi connectivity index (χ0v) is 18.0. The molecule has 2 fully saturated rings. The van der Waals surface area contributed by atoms with Crippen LogP contribution in [0, 0.1) is 11.8 Å². The lowest BCUT2D eigenvalue weighted by Gasteiger charge is -2.33. The van der Waals surface area contributed by atoms with Gasteiger partial charge in [0.05, 0.1) is 10.7 Å². The first-order valence-corrected chi connectivity index (χ1v) is 11.3. The minimum atomic E-state index is -5.08. The molecule has 0 bridgehead atoms. The number of nitrogens with one attached hydrogen (secondary N) is 1. The molecular weight excluding hydrogens is 419 g/mol. The average Bonchev–Trinajstić information content (AvgIpc) is 3.16. The van der Waals surface area contributed by atoms with E-state index in [0.29, 0.717) is 17.7 Å². The summed E-state index contributed by atoms with van der Waals surface area (Å²) < 4.78 is 31.7. The van der Waals surface area contributed by atoms with Crippen molar-refractivity contribution in [2.24, 2.45) is 11.8 Å². The van der Waals surface area contributed by atoms with Gasteiger partial charge in [0.2, 0.25) is 5.91 Å². The molecular formula is C20H30F3N3O3S. The van der Waals surface area contributed by atoms with Gasteiger partial charge < -0.3 is 15.3 Å². The molecule has 10 heteroatoms. The van der Waals surface area contributed by atoms with Crippen molar-refractivity contribution in [1.29, 1.82) is 0 Å².